The Kier molecular flexibility index (Phi) is 4.31. The van der Waals surface area contributed by atoms with Gasteiger partial charge < -0.3 is 5.11 Å². The molecule has 1 aromatic heterocycles. The third-order valence-corrected chi connectivity index (χ3v) is 1.83. The topological polar surface area (TPSA) is 33.1 Å². The SMILES string of the molecule is Cl.Oc1cc(Cl)cnc1I. The van der Waals surface area contributed by atoms with Gasteiger partial charge in [0, 0.05) is 12.3 Å². The second kappa shape index (κ2) is 4.20. The highest BCUT2D eigenvalue weighted by atomic mass is 127. The van der Waals surface area contributed by atoms with E-state index in [-0.39, 0.29) is 18.2 Å². The molecular weight excluding hydrogens is 288 g/mol. The molecule has 0 unspecified atom stereocenters. The van der Waals surface area contributed by atoms with E-state index in [1.807, 2.05) is 22.6 Å². The van der Waals surface area contributed by atoms with Crippen LogP contribution in [-0.2, 0) is 0 Å². The van der Waals surface area contributed by atoms with Gasteiger partial charge in [-0.3, -0.25) is 0 Å². The Morgan fingerprint density at radius 3 is 2.60 bits per heavy atom. The zero-order chi connectivity index (χ0) is 6.85. The molecule has 0 fully saturated rings. The first kappa shape index (κ1) is 10.3. The lowest BCUT2D eigenvalue weighted by Gasteiger charge is -1.93. The Labute approximate surface area is 83.2 Å². The van der Waals surface area contributed by atoms with E-state index in [1.165, 1.54) is 12.3 Å². The number of halogens is 3. The van der Waals surface area contributed by atoms with Crippen LogP contribution in [0.5, 0.6) is 5.75 Å². The lowest BCUT2D eigenvalue weighted by atomic mass is 10.5. The number of hydrogen-bond donors (Lipinski definition) is 1. The second-order valence-corrected chi connectivity index (χ2v) is 2.92. The van der Waals surface area contributed by atoms with Gasteiger partial charge in [-0.1, -0.05) is 11.6 Å². The van der Waals surface area contributed by atoms with E-state index in [0.29, 0.717) is 8.72 Å². The molecule has 0 aliphatic rings. The molecule has 0 aliphatic heterocycles. The van der Waals surface area contributed by atoms with E-state index in [2.05, 4.69) is 4.98 Å². The third-order valence-electron chi connectivity index (χ3n) is 0.787. The average Bonchev–Trinajstić information content (AvgIpc) is 1.80. The van der Waals surface area contributed by atoms with E-state index in [1.54, 1.807) is 0 Å². The summed E-state index contributed by atoms with van der Waals surface area (Å²) >= 11 is 7.41. The summed E-state index contributed by atoms with van der Waals surface area (Å²) in [6.45, 7) is 0. The quantitative estimate of drug-likeness (QED) is 0.588. The number of hydrogen-bond acceptors (Lipinski definition) is 2. The molecule has 0 saturated carbocycles. The van der Waals surface area contributed by atoms with Gasteiger partial charge in [0.05, 0.1) is 5.02 Å². The zero-order valence-electron chi connectivity index (χ0n) is 4.71. The van der Waals surface area contributed by atoms with Gasteiger partial charge in [-0.25, -0.2) is 4.98 Å². The maximum absolute atomic E-state index is 8.95. The monoisotopic (exact) mass is 291 g/mol. The van der Waals surface area contributed by atoms with Gasteiger partial charge in [0.2, 0.25) is 0 Å². The van der Waals surface area contributed by atoms with Crippen LogP contribution in [0.1, 0.15) is 0 Å². The molecule has 5 heteroatoms. The maximum atomic E-state index is 8.95. The molecule has 0 spiro atoms. The minimum Gasteiger partial charge on any atom is -0.505 e. The second-order valence-electron chi connectivity index (χ2n) is 1.46. The number of nitrogens with zero attached hydrogens (tertiary/aromatic N) is 1. The fraction of sp³-hybridized carbons (Fsp3) is 0. The summed E-state index contributed by atoms with van der Waals surface area (Å²) in [5.41, 5.74) is 0. The van der Waals surface area contributed by atoms with E-state index in [0.717, 1.165) is 0 Å². The fourth-order valence-corrected chi connectivity index (χ4v) is 0.859. The van der Waals surface area contributed by atoms with Crippen molar-refractivity contribution in [2.24, 2.45) is 0 Å². The number of rotatable bonds is 0. The van der Waals surface area contributed by atoms with E-state index in [4.69, 9.17) is 16.7 Å². The van der Waals surface area contributed by atoms with Crippen molar-refractivity contribution >= 4 is 46.6 Å². The summed E-state index contributed by atoms with van der Waals surface area (Å²) < 4.78 is 0.567. The van der Waals surface area contributed by atoms with Gasteiger partial charge in [0.15, 0.2) is 0 Å². The smallest absolute Gasteiger partial charge is 0.148 e. The standard InChI is InChI=1S/C5H3ClINO.ClH/c6-3-1-4(9)5(7)8-2-3;/h1-2,9H;1H. The maximum Gasteiger partial charge on any atom is 0.148 e. The number of aromatic hydroxyl groups is 1. The Hall–Kier alpha value is 0.260. The first-order valence-electron chi connectivity index (χ1n) is 2.20. The Morgan fingerprint density at radius 1 is 1.60 bits per heavy atom. The van der Waals surface area contributed by atoms with Crippen LogP contribution in [0.25, 0.3) is 0 Å². The van der Waals surface area contributed by atoms with Crippen molar-refractivity contribution in [3.8, 4) is 5.75 Å². The summed E-state index contributed by atoms with van der Waals surface area (Å²) in [5.74, 6) is 0.128. The number of pyridine rings is 1. The molecule has 0 atom stereocenters. The van der Waals surface area contributed by atoms with Crippen molar-refractivity contribution < 1.29 is 5.11 Å². The lowest BCUT2D eigenvalue weighted by Crippen LogP contribution is -1.78. The zero-order valence-corrected chi connectivity index (χ0v) is 8.44. The van der Waals surface area contributed by atoms with Crippen LogP contribution in [0.4, 0.5) is 0 Å². The van der Waals surface area contributed by atoms with E-state index >= 15 is 0 Å². The summed E-state index contributed by atoms with van der Waals surface area (Å²) in [6, 6.07) is 1.45. The van der Waals surface area contributed by atoms with Crippen LogP contribution in [0.15, 0.2) is 12.3 Å². The van der Waals surface area contributed by atoms with Crippen molar-refractivity contribution in [1.29, 1.82) is 0 Å². The van der Waals surface area contributed by atoms with Crippen LogP contribution < -0.4 is 0 Å². The predicted molar refractivity (Wildman–Crippen MR) is 50.9 cm³/mol. The van der Waals surface area contributed by atoms with E-state index in [9.17, 15) is 0 Å². The summed E-state index contributed by atoms with van der Waals surface area (Å²) in [4.78, 5) is 3.78. The Morgan fingerprint density at radius 2 is 2.20 bits per heavy atom. The van der Waals surface area contributed by atoms with Crippen LogP contribution in [0.3, 0.4) is 0 Å². The van der Waals surface area contributed by atoms with Gasteiger partial charge in [-0.2, -0.15) is 0 Å². The summed E-state index contributed by atoms with van der Waals surface area (Å²) in [6.07, 6.45) is 1.49. The molecule has 0 bridgehead atoms. The normalized spacial score (nSPS) is 8.60. The van der Waals surface area contributed by atoms with Gasteiger partial charge in [0.1, 0.15) is 9.45 Å². The van der Waals surface area contributed by atoms with Crippen molar-refractivity contribution in [2.45, 2.75) is 0 Å². The first-order valence-corrected chi connectivity index (χ1v) is 3.66. The van der Waals surface area contributed by atoms with Gasteiger partial charge in [-0.05, 0) is 22.6 Å². The summed E-state index contributed by atoms with van der Waals surface area (Å²) in [7, 11) is 0. The minimum atomic E-state index is 0. The molecule has 1 rings (SSSR count). The molecule has 0 radical (unpaired) electrons. The molecule has 1 aromatic rings. The minimum absolute atomic E-state index is 0. The average molecular weight is 292 g/mol. The molecule has 56 valence electrons. The highest BCUT2D eigenvalue weighted by Crippen LogP contribution is 2.19. The lowest BCUT2D eigenvalue weighted by molar-refractivity contribution is 0.468. The molecule has 0 amide bonds. The first-order chi connectivity index (χ1) is 4.20. The van der Waals surface area contributed by atoms with Gasteiger partial charge >= 0.3 is 0 Å². The molecule has 0 aromatic carbocycles. The van der Waals surface area contributed by atoms with E-state index < -0.39 is 0 Å². The highest BCUT2D eigenvalue weighted by Gasteiger charge is 1.96. The highest BCUT2D eigenvalue weighted by molar-refractivity contribution is 14.1. The fourth-order valence-electron chi connectivity index (χ4n) is 0.412. The molecular formula is C5H4Cl2INO. The predicted octanol–water partition coefficient (Wildman–Crippen LogP) is 2.47. The summed E-state index contributed by atoms with van der Waals surface area (Å²) in [5, 5.41) is 9.40. The molecule has 0 aliphatic carbocycles. The van der Waals surface area contributed by atoms with Crippen LogP contribution in [0, 0.1) is 3.70 Å². The van der Waals surface area contributed by atoms with Gasteiger partial charge in [-0.15, -0.1) is 12.4 Å². The molecule has 10 heavy (non-hydrogen) atoms. The molecule has 1 N–H and O–H groups in total. The third kappa shape index (κ3) is 2.48. The van der Waals surface area contributed by atoms with Crippen LogP contribution in [-0.4, -0.2) is 10.1 Å². The number of aromatic nitrogens is 1. The molecule has 1 heterocycles. The molecule has 0 saturated heterocycles. The van der Waals surface area contributed by atoms with Crippen molar-refractivity contribution in [1.82, 2.24) is 4.98 Å². The van der Waals surface area contributed by atoms with Crippen molar-refractivity contribution in [3.63, 3.8) is 0 Å². The Bertz CT molecular complexity index is 231. The van der Waals surface area contributed by atoms with Gasteiger partial charge in [0.25, 0.3) is 0 Å². The Balaban J connectivity index is 0.000000810. The van der Waals surface area contributed by atoms with Crippen LogP contribution >= 0.6 is 46.6 Å². The van der Waals surface area contributed by atoms with Crippen LogP contribution in [0.2, 0.25) is 5.02 Å². The largest absolute Gasteiger partial charge is 0.505 e. The van der Waals surface area contributed by atoms with Crippen molar-refractivity contribution in [2.75, 3.05) is 0 Å². The van der Waals surface area contributed by atoms with Crippen molar-refractivity contribution in [3.05, 3.63) is 21.0 Å². The molecule has 2 nitrogen and oxygen atoms in total.